The fourth-order valence-corrected chi connectivity index (χ4v) is 7.29. The summed E-state index contributed by atoms with van der Waals surface area (Å²) < 4.78 is 11.2. The monoisotopic (exact) mass is 468 g/mol. The standard InChI is InChI=1S/C31H48O3/c1-3-5-23-7-11-25(12-8-23)27-15-19-29(20-16-27)33-31(32)34-30-21-17-28(18-22-30)26-13-9-24(6-4-2)10-14-26/h15-16,19-20,23-26,28,30H,3-14,17-18,21-22H2,1-2H3/t23-,24-,25-,26-,28-,30-. The molecule has 0 unspecified atom stereocenters. The summed E-state index contributed by atoms with van der Waals surface area (Å²) in [5.41, 5.74) is 1.39. The van der Waals surface area contributed by atoms with Crippen LogP contribution >= 0.6 is 0 Å². The van der Waals surface area contributed by atoms with Crippen molar-refractivity contribution in [2.24, 2.45) is 23.7 Å². The molecule has 3 heteroatoms. The maximum atomic E-state index is 12.4. The van der Waals surface area contributed by atoms with Crippen molar-refractivity contribution < 1.29 is 14.3 Å². The number of ether oxygens (including phenoxy) is 2. The van der Waals surface area contributed by atoms with Crippen molar-refractivity contribution in [3.05, 3.63) is 29.8 Å². The van der Waals surface area contributed by atoms with Gasteiger partial charge in [0.1, 0.15) is 11.9 Å². The van der Waals surface area contributed by atoms with Crippen molar-refractivity contribution in [1.29, 1.82) is 0 Å². The summed E-state index contributed by atoms with van der Waals surface area (Å²) in [5.74, 6) is 4.90. The largest absolute Gasteiger partial charge is 0.514 e. The van der Waals surface area contributed by atoms with E-state index in [-0.39, 0.29) is 6.10 Å². The normalized spacial score (nSPS) is 32.2. The number of carbonyl (C=O) groups excluding carboxylic acids is 1. The zero-order chi connectivity index (χ0) is 23.8. The second kappa shape index (κ2) is 13.0. The van der Waals surface area contributed by atoms with Gasteiger partial charge in [-0.2, -0.15) is 0 Å². The first-order valence-corrected chi connectivity index (χ1v) is 14.6. The highest BCUT2D eigenvalue weighted by molar-refractivity contribution is 5.64. The molecule has 3 aliphatic rings. The van der Waals surface area contributed by atoms with Crippen LogP contribution in [-0.2, 0) is 4.74 Å². The number of rotatable bonds is 8. The average Bonchev–Trinajstić information content (AvgIpc) is 2.86. The highest BCUT2D eigenvalue weighted by atomic mass is 16.7. The molecule has 1 aromatic rings. The van der Waals surface area contributed by atoms with Crippen molar-refractivity contribution in [1.82, 2.24) is 0 Å². The Morgan fingerprint density at radius 3 is 1.74 bits per heavy atom. The molecule has 0 spiro atoms. The number of hydrogen-bond acceptors (Lipinski definition) is 3. The summed E-state index contributed by atoms with van der Waals surface area (Å²) in [6.07, 6.45) is 20.3. The van der Waals surface area contributed by atoms with Gasteiger partial charge in [0.15, 0.2) is 0 Å². The van der Waals surface area contributed by atoms with E-state index in [0.29, 0.717) is 11.7 Å². The highest BCUT2D eigenvalue weighted by Crippen LogP contribution is 2.42. The van der Waals surface area contributed by atoms with Gasteiger partial charge >= 0.3 is 6.16 Å². The van der Waals surface area contributed by atoms with Crippen LogP contribution in [0, 0.1) is 23.7 Å². The first kappa shape index (κ1) is 25.6. The quantitative estimate of drug-likeness (QED) is 0.281. The Hall–Kier alpha value is -1.51. The molecule has 0 heterocycles. The third kappa shape index (κ3) is 7.25. The van der Waals surface area contributed by atoms with Crippen LogP contribution in [0.25, 0.3) is 0 Å². The molecular weight excluding hydrogens is 420 g/mol. The van der Waals surface area contributed by atoms with Crippen molar-refractivity contribution in [3.8, 4) is 5.75 Å². The van der Waals surface area contributed by atoms with E-state index in [9.17, 15) is 4.79 Å². The minimum atomic E-state index is -0.531. The summed E-state index contributed by atoms with van der Waals surface area (Å²) in [6.45, 7) is 4.60. The predicted octanol–water partition coefficient (Wildman–Crippen LogP) is 9.44. The Morgan fingerprint density at radius 1 is 0.706 bits per heavy atom. The van der Waals surface area contributed by atoms with Gasteiger partial charge in [-0.3, -0.25) is 0 Å². The molecule has 3 fully saturated rings. The lowest BCUT2D eigenvalue weighted by Crippen LogP contribution is -2.30. The molecule has 0 aromatic heterocycles. The average molecular weight is 469 g/mol. The van der Waals surface area contributed by atoms with Crippen LogP contribution in [0.4, 0.5) is 4.79 Å². The van der Waals surface area contributed by atoms with Gasteiger partial charge in [0.25, 0.3) is 0 Å². The van der Waals surface area contributed by atoms with Crippen molar-refractivity contribution >= 4 is 6.16 Å². The minimum Gasteiger partial charge on any atom is -0.431 e. The molecule has 0 bridgehead atoms. The Morgan fingerprint density at radius 2 is 1.21 bits per heavy atom. The van der Waals surface area contributed by atoms with Crippen LogP contribution in [0.15, 0.2) is 24.3 Å². The maximum absolute atomic E-state index is 12.4. The van der Waals surface area contributed by atoms with E-state index in [1.165, 1.54) is 95.5 Å². The van der Waals surface area contributed by atoms with E-state index >= 15 is 0 Å². The van der Waals surface area contributed by atoms with Gasteiger partial charge in [0.2, 0.25) is 0 Å². The number of hydrogen-bond donors (Lipinski definition) is 0. The fourth-order valence-electron chi connectivity index (χ4n) is 7.29. The Labute approximate surface area is 208 Å². The molecule has 3 aliphatic carbocycles. The van der Waals surface area contributed by atoms with Crippen LogP contribution in [0.1, 0.15) is 128 Å². The van der Waals surface area contributed by atoms with Gasteiger partial charge in [0.05, 0.1) is 0 Å². The SMILES string of the molecule is CCC[C@H]1CC[C@H](c2ccc(OC(=O)O[C@H]3CC[C@H]([C@H]4CC[C@H](CCC)CC4)CC3)cc2)CC1. The summed E-state index contributed by atoms with van der Waals surface area (Å²) in [5, 5.41) is 0. The minimum absolute atomic E-state index is 0.0257. The maximum Gasteiger partial charge on any atom is 0.514 e. The molecule has 1 aromatic carbocycles. The lowest BCUT2D eigenvalue weighted by molar-refractivity contribution is 0.0238. The zero-order valence-corrected chi connectivity index (χ0v) is 21.8. The molecular formula is C31H48O3. The van der Waals surface area contributed by atoms with Gasteiger partial charge in [0, 0.05) is 0 Å². The van der Waals surface area contributed by atoms with Crippen LogP contribution in [0.5, 0.6) is 5.75 Å². The first-order chi connectivity index (χ1) is 16.6. The molecule has 3 nitrogen and oxygen atoms in total. The lowest BCUT2D eigenvalue weighted by Gasteiger charge is -2.37. The van der Waals surface area contributed by atoms with E-state index < -0.39 is 6.16 Å². The van der Waals surface area contributed by atoms with Gasteiger partial charge in [-0.15, -0.1) is 0 Å². The van der Waals surface area contributed by atoms with E-state index in [4.69, 9.17) is 9.47 Å². The lowest BCUT2D eigenvalue weighted by atomic mass is 9.70. The second-order valence-corrected chi connectivity index (χ2v) is 11.7. The summed E-state index contributed by atoms with van der Waals surface area (Å²) >= 11 is 0. The van der Waals surface area contributed by atoms with Gasteiger partial charge in [-0.25, -0.2) is 4.79 Å². The Kier molecular flexibility index (Phi) is 9.77. The van der Waals surface area contributed by atoms with Crippen molar-refractivity contribution in [3.63, 3.8) is 0 Å². The zero-order valence-electron chi connectivity index (χ0n) is 21.8. The van der Waals surface area contributed by atoms with Crippen LogP contribution in [-0.4, -0.2) is 12.3 Å². The van der Waals surface area contributed by atoms with Crippen LogP contribution < -0.4 is 4.74 Å². The molecule has 0 amide bonds. The number of benzene rings is 1. The number of carbonyl (C=O) groups is 1. The highest BCUT2D eigenvalue weighted by Gasteiger charge is 2.32. The second-order valence-electron chi connectivity index (χ2n) is 11.7. The van der Waals surface area contributed by atoms with Crippen molar-refractivity contribution in [2.45, 2.75) is 129 Å². The molecule has 190 valence electrons. The molecule has 34 heavy (non-hydrogen) atoms. The molecule has 0 saturated heterocycles. The first-order valence-electron chi connectivity index (χ1n) is 14.6. The van der Waals surface area contributed by atoms with E-state index in [1.54, 1.807) is 0 Å². The molecule has 3 saturated carbocycles. The van der Waals surface area contributed by atoms with Crippen LogP contribution in [0.3, 0.4) is 0 Å². The smallest absolute Gasteiger partial charge is 0.431 e. The van der Waals surface area contributed by atoms with E-state index in [0.717, 1.165) is 36.5 Å². The van der Waals surface area contributed by atoms with Crippen molar-refractivity contribution in [2.75, 3.05) is 0 Å². The van der Waals surface area contributed by atoms with E-state index in [2.05, 4.69) is 26.0 Å². The topological polar surface area (TPSA) is 35.5 Å². The van der Waals surface area contributed by atoms with E-state index in [1.807, 2.05) is 12.1 Å². The van der Waals surface area contributed by atoms with Gasteiger partial charge < -0.3 is 9.47 Å². The third-order valence-corrected chi connectivity index (χ3v) is 9.33. The van der Waals surface area contributed by atoms with Gasteiger partial charge in [-0.05, 0) is 111 Å². The molecule has 0 N–H and O–H groups in total. The Balaban J connectivity index is 1.15. The summed E-state index contributed by atoms with van der Waals surface area (Å²) in [4.78, 5) is 12.4. The fraction of sp³-hybridized carbons (Fsp3) is 0.774. The molecule has 0 atom stereocenters. The molecule has 4 rings (SSSR count). The Bertz CT molecular complexity index is 718. The van der Waals surface area contributed by atoms with Gasteiger partial charge in [-0.1, -0.05) is 64.5 Å². The predicted molar refractivity (Wildman–Crippen MR) is 139 cm³/mol. The molecule has 0 radical (unpaired) electrons. The molecule has 0 aliphatic heterocycles. The summed E-state index contributed by atoms with van der Waals surface area (Å²) in [6, 6.07) is 8.18. The van der Waals surface area contributed by atoms with Crippen LogP contribution in [0.2, 0.25) is 0 Å². The third-order valence-electron chi connectivity index (χ3n) is 9.33. The summed E-state index contributed by atoms with van der Waals surface area (Å²) in [7, 11) is 0.